The molecule has 2 aliphatic heterocycles. The van der Waals surface area contributed by atoms with Crippen molar-refractivity contribution in [1.82, 2.24) is 10.2 Å². The average Bonchev–Trinajstić information content (AvgIpc) is 3.16. The van der Waals surface area contributed by atoms with Gasteiger partial charge in [0, 0.05) is 65.1 Å². The molecule has 4 atom stereocenters. The molecule has 11 nitrogen and oxygen atoms in total. The maximum absolute atomic E-state index is 13.6. The van der Waals surface area contributed by atoms with E-state index in [2.05, 4.69) is 47.5 Å². The van der Waals surface area contributed by atoms with Gasteiger partial charge in [0.15, 0.2) is 0 Å². The Labute approximate surface area is 308 Å². The van der Waals surface area contributed by atoms with Gasteiger partial charge in [0.25, 0.3) is 0 Å². The van der Waals surface area contributed by atoms with Crippen molar-refractivity contribution in [1.29, 1.82) is 0 Å². The number of fused-ring (bicyclic) bond motifs is 1. The van der Waals surface area contributed by atoms with Gasteiger partial charge >= 0.3 is 6.09 Å². The number of benzene rings is 3. The topological polar surface area (TPSA) is 108 Å². The molecular formula is C41H55N3O8. The number of hydrogen-bond acceptors (Lipinski definition) is 9. The van der Waals surface area contributed by atoms with Crippen molar-refractivity contribution in [2.24, 2.45) is 11.8 Å². The molecule has 5 rings (SSSR count). The van der Waals surface area contributed by atoms with Crippen molar-refractivity contribution in [2.45, 2.75) is 52.1 Å². The normalized spacial score (nSPS) is 19.0. The molecule has 3 aromatic rings. The van der Waals surface area contributed by atoms with E-state index in [4.69, 9.17) is 28.4 Å². The number of piperidine rings is 1. The van der Waals surface area contributed by atoms with E-state index < -0.39 is 6.09 Å². The highest BCUT2D eigenvalue weighted by atomic mass is 16.6. The van der Waals surface area contributed by atoms with E-state index in [0.717, 1.165) is 53.2 Å². The summed E-state index contributed by atoms with van der Waals surface area (Å²) in [7, 11) is 3.42. The van der Waals surface area contributed by atoms with Crippen LogP contribution in [0, 0.1) is 11.8 Å². The van der Waals surface area contributed by atoms with Gasteiger partial charge < -0.3 is 43.5 Å². The molecule has 2 amide bonds. The number of likely N-dealkylation sites (tertiary alicyclic amines) is 1. The Morgan fingerprint density at radius 1 is 0.904 bits per heavy atom. The van der Waals surface area contributed by atoms with Crippen molar-refractivity contribution in [3.05, 3.63) is 95.1 Å². The van der Waals surface area contributed by atoms with Crippen LogP contribution in [-0.4, -0.2) is 96.4 Å². The number of carbonyl (C=O) groups excluding carboxylic acids is 2. The summed E-state index contributed by atoms with van der Waals surface area (Å²) in [6.07, 6.45) is 0.139. The lowest BCUT2D eigenvalue weighted by atomic mass is 9.78. The van der Waals surface area contributed by atoms with E-state index in [1.807, 2.05) is 42.5 Å². The molecular weight excluding hydrogens is 662 g/mol. The number of nitrogens with one attached hydrogen (secondary N) is 1. The SMILES string of the molecule is COCCCN1CCOc2ccc(CO[C@H]3CN(C(=O)OCc4ccccc4)C[C@@H](CNC(C)=O)[C@@H]3c3ccc(COC[C@@H](C)COC)cc3)cc21. The summed E-state index contributed by atoms with van der Waals surface area (Å²) in [6.45, 7) is 10.1. The third-order valence-corrected chi connectivity index (χ3v) is 9.55. The van der Waals surface area contributed by atoms with E-state index in [-0.39, 0.29) is 30.5 Å². The predicted octanol–water partition coefficient (Wildman–Crippen LogP) is 5.79. The van der Waals surface area contributed by atoms with Gasteiger partial charge in [0.05, 0.1) is 51.3 Å². The van der Waals surface area contributed by atoms with Crippen LogP contribution >= 0.6 is 0 Å². The van der Waals surface area contributed by atoms with Crippen LogP contribution in [0.4, 0.5) is 10.5 Å². The molecule has 0 unspecified atom stereocenters. The summed E-state index contributed by atoms with van der Waals surface area (Å²) >= 11 is 0. The molecule has 11 heteroatoms. The van der Waals surface area contributed by atoms with Gasteiger partial charge in [-0.25, -0.2) is 4.79 Å². The minimum absolute atomic E-state index is 0.104. The van der Waals surface area contributed by atoms with Crippen LogP contribution in [0.1, 0.15) is 48.4 Å². The molecule has 1 fully saturated rings. The van der Waals surface area contributed by atoms with Crippen LogP contribution in [0.25, 0.3) is 0 Å². The lowest BCUT2D eigenvalue weighted by molar-refractivity contribution is -0.119. The van der Waals surface area contributed by atoms with E-state index in [9.17, 15) is 9.59 Å². The number of methoxy groups -OCH3 is 2. The minimum atomic E-state index is -0.406. The van der Waals surface area contributed by atoms with Gasteiger partial charge in [-0.2, -0.15) is 0 Å². The number of anilines is 1. The maximum Gasteiger partial charge on any atom is 0.410 e. The molecule has 0 saturated carbocycles. The Morgan fingerprint density at radius 3 is 2.42 bits per heavy atom. The standard InChI is InChI=1S/C41H55N3O8/c1-30(25-48-4)26-49-27-33-11-14-35(15-12-33)40-36(22-42-31(2)45)23-44(41(46)52-28-32-9-6-5-7-10-32)24-39(40)51-29-34-13-16-38-37(21-34)43(18-20-50-38)17-8-19-47-3/h5-7,9-16,21,30,36,39-40H,8,17-20,22-29H2,1-4H3,(H,42,45)/t30-,36+,39-,40-/m0/s1. The van der Waals surface area contributed by atoms with E-state index in [0.29, 0.717) is 65.2 Å². The molecule has 3 aromatic carbocycles. The Hall–Kier alpha value is -4.16. The summed E-state index contributed by atoms with van der Waals surface area (Å²) in [5, 5.41) is 3.01. The zero-order chi connectivity index (χ0) is 36.7. The first-order valence-corrected chi connectivity index (χ1v) is 18.3. The third kappa shape index (κ3) is 11.4. The summed E-state index contributed by atoms with van der Waals surface area (Å²) in [4.78, 5) is 29.8. The largest absolute Gasteiger partial charge is 0.490 e. The molecule has 282 valence electrons. The lowest BCUT2D eigenvalue weighted by Gasteiger charge is -2.43. The Balaban J connectivity index is 1.36. The molecule has 1 N–H and O–H groups in total. The first-order valence-electron chi connectivity index (χ1n) is 18.3. The van der Waals surface area contributed by atoms with Crippen LogP contribution < -0.4 is 15.0 Å². The van der Waals surface area contributed by atoms with Crippen LogP contribution in [-0.2, 0) is 48.3 Å². The molecule has 52 heavy (non-hydrogen) atoms. The van der Waals surface area contributed by atoms with Crippen LogP contribution in [0.15, 0.2) is 72.8 Å². The summed E-state index contributed by atoms with van der Waals surface area (Å²) in [5.41, 5.74) is 5.12. The molecule has 0 radical (unpaired) electrons. The molecule has 0 spiro atoms. The fraction of sp³-hybridized carbons (Fsp3) is 0.512. The highest BCUT2D eigenvalue weighted by Gasteiger charge is 2.41. The minimum Gasteiger partial charge on any atom is -0.490 e. The second kappa shape index (κ2) is 20.2. The second-order valence-electron chi connectivity index (χ2n) is 13.8. The fourth-order valence-corrected chi connectivity index (χ4v) is 6.96. The average molecular weight is 718 g/mol. The van der Waals surface area contributed by atoms with E-state index in [1.54, 1.807) is 19.1 Å². The Kier molecular flexibility index (Phi) is 15.2. The van der Waals surface area contributed by atoms with Crippen LogP contribution in [0.2, 0.25) is 0 Å². The van der Waals surface area contributed by atoms with Crippen molar-refractivity contribution >= 4 is 17.7 Å². The first kappa shape index (κ1) is 39.1. The molecule has 0 bridgehead atoms. The molecule has 0 aromatic heterocycles. The second-order valence-corrected chi connectivity index (χ2v) is 13.8. The van der Waals surface area contributed by atoms with Crippen LogP contribution in [0.5, 0.6) is 5.75 Å². The number of nitrogens with zero attached hydrogens (tertiary/aromatic N) is 2. The number of hydrogen-bond donors (Lipinski definition) is 1. The van der Waals surface area contributed by atoms with Gasteiger partial charge in [0.2, 0.25) is 5.91 Å². The maximum atomic E-state index is 13.6. The molecule has 2 aliphatic rings. The van der Waals surface area contributed by atoms with Gasteiger partial charge in [-0.15, -0.1) is 0 Å². The molecule has 0 aliphatic carbocycles. The Bertz CT molecular complexity index is 1540. The lowest BCUT2D eigenvalue weighted by Crippen LogP contribution is -2.53. The van der Waals surface area contributed by atoms with Gasteiger partial charge in [-0.05, 0) is 40.8 Å². The number of amides is 2. The third-order valence-electron chi connectivity index (χ3n) is 9.55. The highest BCUT2D eigenvalue weighted by Crippen LogP contribution is 2.37. The summed E-state index contributed by atoms with van der Waals surface area (Å²) in [5.74, 6) is 0.817. The quantitative estimate of drug-likeness (QED) is 0.164. The predicted molar refractivity (Wildman–Crippen MR) is 199 cm³/mol. The molecule has 2 heterocycles. The van der Waals surface area contributed by atoms with Crippen molar-refractivity contribution in [3.63, 3.8) is 0 Å². The van der Waals surface area contributed by atoms with Crippen molar-refractivity contribution < 1.29 is 38.0 Å². The molecule has 1 saturated heterocycles. The number of ether oxygens (including phenoxy) is 6. The zero-order valence-corrected chi connectivity index (χ0v) is 31.1. The van der Waals surface area contributed by atoms with Gasteiger partial charge in [-0.3, -0.25) is 4.79 Å². The van der Waals surface area contributed by atoms with E-state index >= 15 is 0 Å². The van der Waals surface area contributed by atoms with Crippen molar-refractivity contribution in [2.75, 3.05) is 78.3 Å². The number of rotatable bonds is 18. The van der Waals surface area contributed by atoms with Gasteiger partial charge in [-0.1, -0.05) is 67.6 Å². The monoisotopic (exact) mass is 717 g/mol. The number of carbonyl (C=O) groups is 2. The van der Waals surface area contributed by atoms with Gasteiger partial charge in [0.1, 0.15) is 19.0 Å². The highest BCUT2D eigenvalue weighted by molar-refractivity contribution is 5.73. The summed E-state index contributed by atoms with van der Waals surface area (Å²) < 4.78 is 35.0. The smallest absolute Gasteiger partial charge is 0.410 e. The Morgan fingerprint density at radius 2 is 1.67 bits per heavy atom. The fourth-order valence-electron chi connectivity index (χ4n) is 6.96. The zero-order valence-electron chi connectivity index (χ0n) is 31.1. The van der Waals surface area contributed by atoms with Crippen LogP contribution in [0.3, 0.4) is 0 Å². The summed E-state index contributed by atoms with van der Waals surface area (Å²) in [6, 6.07) is 24.3. The first-order chi connectivity index (χ1) is 25.3. The van der Waals surface area contributed by atoms with E-state index in [1.165, 1.54) is 6.92 Å². The van der Waals surface area contributed by atoms with Crippen molar-refractivity contribution in [3.8, 4) is 5.75 Å².